The summed E-state index contributed by atoms with van der Waals surface area (Å²) < 4.78 is 5.68. The average Bonchev–Trinajstić information content (AvgIpc) is 2.70. The Morgan fingerprint density at radius 3 is 2.07 bits per heavy atom. The van der Waals surface area contributed by atoms with Crippen LogP contribution in [0, 0.1) is 11.8 Å². The Kier molecular flexibility index (Phi) is 7.07. The number of likely N-dealkylation sites (tertiary alicyclic amines) is 1. The van der Waals surface area contributed by atoms with Crippen LogP contribution in [-0.2, 0) is 9.53 Å². The lowest BCUT2D eigenvalue weighted by atomic mass is 9.91. The monoisotopic (exact) mass is 361 g/mol. The van der Waals surface area contributed by atoms with Gasteiger partial charge in [0.15, 0.2) is 6.10 Å². The minimum Gasteiger partial charge on any atom is -0.449 e. The van der Waals surface area contributed by atoms with Crippen LogP contribution in [0.15, 0.2) is 60.7 Å². The summed E-state index contributed by atoms with van der Waals surface area (Å²) in [6, 6.07) is 19.5. The van der Waals surface area contributed by atoms with E-state index >= 15 is 0 Å². The molecule has 0 amide bonds. The van der Waals surface area contributed by atoms with Gasteiger partial charge in [0.1, 0.15) is 5.92 Å². The van der Waals surface area contributed by atoms with E-state index in [0.29, 0.717) is 0 Å². The molecule has 3 rings (SSSR count). The highest BCUT2D eigenvalue weighted by Crippen LogP contribution is 2.26. The average molecular weight is 361 g/mol. The fraction of sp³-hybridized carbons (Fsp3) is 0.375. The van der Waals surface area contributed by atoms with Crippen molar-refractivity contribution in [2.24, 2.45) is 0 Å². The lowest BCUT2D eigenvalue weighted by molar-refractivity contribution is -0.146. The van der Waals surface area contributed by atoms with E-state index in [9.17, 15) is 4.79 Å². The van der Waals surface area contributed by atoms with E-state index in [1.54, 1.807) is 0 Å². The second-order valence-electron chi connectivity index (χ2n) is 6.99. The number of piperidine rings is 1. The Balaban J connectivity index is 1.66. The van der Waals surface area contributed by atoms with Gasteiger partial charge >= 0.3 is 5.97 Å². The van der Waals surface area contributed by atoms with Gasteiger partial charge in [-0.05, 0) is 44.0 Å². The smallest absolute Gasteiger partial charge is 0.319 e. The van der Waals surface area contributed by atoms with Gasteiger partial charge in [-0.2, -0.15) is 0 Å². The number of benzene rings is 2. The molecule has 0 radical (unpaired) electrons. The van der Waals surface area contributed by atoms with E-state index in [4.69, 9.17) is 4.74 Å². The molecule has 0 N–H and O–H groups in total. The molecule has 1 fully saturated rings. The minimum atomic E-state index is -0.432. The topological polar surface area (TPSA) is 29.5 Å². The van der Waals surface area contributed by atoms with Crippen molar-refractivity contribution >= 4 is 5.97 Å². The summed E-state index contributed by atoms with van der Waals surface area (Å²) in [5.41, 5.74) is 1.87. The molecule has 3 nitrogen and oxygen atoms in total. The standard InChI is InChI=1S/C24H27NO2/c1-20(12-11-19-25-17-9-4-10-18-25)27-24(26)23(21-13-5-2-6-14-21)22-15-7-3-8-16-22/h2-3,5-8,13-16,20,23H,4,9-10,17-19H2,1H3. The summed E-state index contributed by atoms with van der Waals surface area (Å²) >= 11 is 0. The first-order chi connectivity index (χ1) is 13.2. The van der Waals surface area contributed by atoms with Gasteiger partial charge in [-0.15, -0.1) is 0 Å². The number of nitrogens with zero attached hydrogens (tertiary/aromatic N) is 1. The van der Waals surface area contributed by atoms with Crippen molar-refractivity contribution in [2.75, 3.05) is 19.6 Å². The molecular formula is C24H27NO2. The van der Waals surface area contributed by atoms with Gasteiger partial charge < -0.3 is 4.74 Å². The molecule has 140 valence electrons. The van der Waals surface area contributed by atoms with E-state index < -0.39 is 12.0 Å². The summed E-state index contributed by atoms with van der Waals surface area (Å²) in [5.74, 6) is 5.57. The van der Waals surface area contributed by atoms with E-state index in [1.807, 2.05) is 67.6 Å². The summed E-state index contributed by atoms with van der Waals surface area (Å²) in [5, 5.41) is 0. The third-order valence-corrected chi connectivity index (χ3v) is 4.85. The predicted molar refractivity (Wildman–Crippen MR) is 108 cm³/mol. The molecule has 0 spiro atoms. The second-order valence-corrected chi connectivity index (χ2v) is 6.99. The van der Waals surface area contributed by atoms with Crippen LogP contribution in [0.3, 0.4) is 0 Å². The molecular weight excluding hydrogens is 334 g/mol. The van der Waals surface area contributed by atoms with Crippen molar-refractivity contribution in [1.82, 2.24) is 4.90 Å². The van der Waals surface area contributed by atoms with Crippen LogP contribution in [-0.4, -0.2) is 36.6 Å². The van der Waals surface area contributed by atoms with Crippen LogP contribution in [0.2, 0.25) is 0 Å². The number of rotatable bonds is 5. The Bertz CT molecular complexity index is 731. The number of ether oxygens (including phenoxy) is 1. The first-order valence-corrected chi connectivity index (χ1v) is 9.75. The molecule has 0 aliphatic carbocycles. The lowest BCUT2D eigenvalue weighted by Gasteiger charge is -2.24. The molecule has 1 aliphatic heterocycles. The Labute approximate surface area is 162 Å². The molecule has 0 bridgehead atoms. The van der Waals surface area contributed by atoms with E-state index in [2.05, 4.69) is 16.7 Å². The van der Waals surface area contributed by atoms with E-state index in [1.165, 1.54) is 19.3 Å². The molecule has 1 heterocycles. The first-order valence-electron chi connectivity index (χ1n) is 9.75. The van der Waals surface area contributed by atoms with Gasteiger partial charge in [0.25, 0.3) is 0 Å². The molecule has 1 aliphatic rings. The Morgan fingerprint density at radius 1 is 0.963 bits per heavy atom. The quantitative estimate of drug-likeness (QED) is 0.589. The highest BCUT2D eigenvalue weighted by atomic mass is 16.5. The zero-order chi connectivity index (χ0) is 18.9. The summed E-state index contributed by atoms with van der Waals surface area (Å²) in [6.07, 6.45) is 3.40. The highest BCUT2D eigenvalue weighted by molar-refractivity contribution is 5.82. The second kappa shape index (κ2) is 9.94. The van der Waals surface area contributed by atoms with Crippen LogP contribution in [0.5, 0.6) is 0 Å². The van der Waals surface area contributed by atoms with Crippen LogP contribution < -0.4 is 0 Å². The van der Waals surface area contributed by atoms with Gasteiger partial charge in [0.2, 0.25) is 0 Å². The largest absolute Gasteiger partial charge is 0.449 e. The number of hydrogen-bond donors (Lipinski definition) is 0. The van der Waals surface area contributed by atoms with Crippen molar-refractivity contribution in [3.05, 3.63) is 71.8 Å². The zero-order valence-electron chi connectivity index (χ0n) is 15.9. The normalized spacial score (nSPS) is 15.6. The molecule has 1 atom stereocenters. The maximum absolute atomic E-state index is 12.9. The molecule has 0 saturated carbocycles. The van der Waals surface area contributed by atoms with Crippen molar-refractivity contribution in [2.45, 2.75) is 38.2 Å². The highest BCUT2D eigenvalue weighted by Gasteiger charge is 2.25. The Hall–Kier alpha value is -2.57. The van der Waals surface area contributed by atoms with Gasteiger partial charge in [0, 0.05) is 0 Å². The molecule has 2 aromatic carbocycles. The van der Waals surface area contributed by atoms with Crippen LogP contribution in [0.1, 0.15) is 43.2 Å². The third kappa shape index (κ3) is 5.70. The van der Waals surface area contributed by atoms with Gasteiger partial charge in [-0.25, -0.2) is 0 Å². The minimum absolute atomic E-state index is 0.257. The van der Waals surface area contributed by atoms with Crippen LogP contribution >= 0.6 is 0 Å². The lowest BCUT2D eigenvalue weighted by Crippen LogP contribution is -2.30. The van der Waals surface area contributed by atoms with Gasteiger partial charge in [-0.1, -0.05) is 78.9 Å². The fourth-order valence-corrected chi connectivity index (χ4v) is 3.45. The van der Waals surface area contributed by atoms with E-state index in [-0.39, 0.29) is 5.97 Å². The summed E-state index contributed by atoms with van der Waals surface area (Å²) in [7, 11) is 0. The van der Waals surface area contributed by atoms with Crippen molar-refractivity contribution in [1.29, 1.82) is 0 Å². The first kappa shape index (κ1) is 19.2. The Morgan fingerprint density at radius 2 is 1.52 bits per heavy atom. The predicted octanol–water partition coefficient (Wildman–Crippen LogP) is 4.24. The summed E-state index contributed by atoms with van der Waals surface area (Å²) in [4.78, 5) is 15.3. The van der Waals surface area contributed by atoms with Crippen molar-refractivity contribution < 1.29 is 9.53 Å². The number of esters is 1. The third-order valence-electron chi connectivity index (χ3n) is 4.85. The number of carbonyl (C=O) groups is 1. The molecule has 1 unspecified atom stereocenters. The van der Waals surface area contributed by atoms with Crippen molar-refractivity contribution in [3.63, 3.8) is 0 Å². The molecule has 27 heavy (non-hydrogen) atoms. The SMILES string of the molecule is CC(C#CCN1CCCCC1)OC(=O)C(c1ccccc1)c1ccccc1. The molecule has 1 saturated heterocycles. The van der Waals surface area contributed by atoms with E-state index in [0.717, 1.165) is 30.8 Å². The fourth-order valence-electron chi connectivity index (χ4n) is 3.45. The molecule has 3 heteroatoms. The van der Waals surface area contributed by atoms with Crippen LogP contribution in [0.25, 0.3) is 0 Å². The number of hydrogen-bond acceptors (Lipinski definition) is 3. The summed E-state index contributed by atoms with van der Waals surface area (Å²) in [6.45, 7) is 4.83. The maximum atomic E-state index is 12.9. The number of carbonyl (C=O) groups excluding carboxylic acids is 1. The van der Waals surface area contributed by atoms with Gasteiger partial charge in [0.05, 0.1) is 6.54 Å². The van der Waals surface area contributed by atoms with Gasteiger partial charge in [-0.3, -0.25) is 9.69 Å². The zero-order valence-corrected chi connectivity index (χ0v) is 15.9. The maximum Gasteiger partial charge on any atom is 0.319 e. The van der Waals surface area contributed by atoms with Crippen LogP contribution in [0.4, 0.5) is 0 Å². The van der Waals surface area contributed by atoms with Crippen molar-refractivity contribution in [3.8, 4) is 11.8 Å². The molecule has 2 aromatic rings. The molecule has 0 aromatic heterocycles.